The summed E-state index contributed by atoms with van der Waals surface area (Å²) in [4.78, 5) is 0. The number of rotatable bonds is 3. The summed E-state index contributed by atoms with van der Waals surface area (Å²) in [6.45, 7) is 9.86. The Morgan fingerprint density at radius 2 is 1.79 bits per heavy atom. The Bertz CT molecular complexity index is 313. The van der Waals surface area contributed by atoms with Crippen molar-refractivity contribution in [1.82, 2.24) is 5.32 Å². The van der Waals surface area contributed by atoms with E-state index >= 15 is 0 Å². The average molecular weight is 191 g/mol. The smallest absolute Gasteiger partial charge is 0.0205 e. The van der Waals surface area contributed by atoms with Gasteiger partial charge in [0.15, 0.2) is 0 Å². The van der Waals surface area contributed by atoms with Crippen LogP contribution < -0.4 is 5.32 Å². The van der Waals surface area contributed by atoms with Crippen molar-refractivity contribution in [3.63, 3.8) is 0 Å². The molecule has 14 heavy (non-hydrogen) atoms. The second kappa shape index (κ2) is 4.61. The zero-order valence-corrected chi connectivity index (χ0v) is 9.94. The highest BCUT2D eigenvalue weighted by Gasteiger charge is 2.06. The van der Waals surface area contributed by atoms with Gasteiger partial charge >= 0.3 is 0 Å². The lowest BCUT2D eigenvalue weighted by Crippen LogP contribution is -2.08. The molecule has 1 nitrogen and oxygen atoms in total. The van der Waals surface area contributed by atoms with E-state index in [2.05, 4.69) is 45.1 Å². The van der Waals surface area contributed by atoms with E-state index in [0.29, 0.717) is 5.92 Å². The largest absolute Gasteiger partial charge is 0.316 e. The van der Waals surface area contributed by atoms with Crippen molar-refractivity contribution in [2.24, 2.45) is 0 Å². The molecule has 0 aliphatic rings. The first-order chi connectivity index (χ1) is 6.56. The van der Waals surface area contributed by atoms with Crippen LogP contribution in [-0.4, -0.2) is 7.05 Å². The molecule has 1 rings (SSSR count). The van der Waals surface area contributed by atoms with Gasteiger partial charge in [-0.15, -0.1) is 0 Å². The van der Waals surface area contributed by atoms with Crippen molar-refractivity contribution in [2.45, 2.75) is 40.2 Å². The second-order valence-corrected chi connectivity index (χ2v) is 4.32. The van der Waals surface area contributed by atoms with E-state index in [9.17, 15) is 0 Å². The third kappa shape index (κ3) is 2.36. The number of aryl methyl sites for hydroxylation is 2. The van der Waals surface area contributed by atoms with Gasteiger partial charge in [-0.25, -0.2) is 0 Å². The highest BCUT2D eigenvalue weighted by Crippen LogP contribution is 2.22. The van der Waals surface area contributed by atoms with Gasteiger partial charge in [-0.1, -0.05) is 26.0 Å². The molecular weight excluding hydrogens is 170 g/mol. The zero-order valence-electron chi connectivity index (χ0n) is 9.94. The molecule has 1 aromatic rings. The minimum absolute atomic E-state index is 0.623. The van der Waals surface area contributed by atoms with Crippen molar-refractivity contribution in [3.8, 4) is 0 Å². The maximum absolute atomic E-state index is 3.20. The van der Waals surface area contributed by atoms with Crippen LogP contribution in [0.3, 0.4) is 0 Å². The number of benzene rings is 1. The van der Waals surface area contributed by atoms with Crippen molar-refractivity contribution in [2.75, 3.05) is 7.05 Å². The molecule has 0 aliphatic carbocycles. The predicted molar refractivity (Wildman–Crippen MR) is 62.8 cm³/mol. The average Bonchev–Trinajstić information content (AvgIpc) is 2.10. The molecule has 0 saturated heterocycles. The Hall–Kier alpha value is -0.820. The zero-order chi connectivity index (χ0) is 10.7. The van der Waals surface area contributed by atoms with Crippen LogP contribution in [0.15, 0.2) is 12.1 Å². The van der Waals surface area contributed by atoms with E-state index in [0.717, 1.165) is 6.54 Å². The van der Waals surface area contributed by atoms with Gasteiger partial charge in [-0.05, 0) is 49.1 Å². The molecule has 0 fully saturated rings. The Kier molecular flexibility index (Phi) is 3.70. The summed E-state index contributed by atoms with van der Waals surface area (Å²) in [7, 11) is 1.99. The minimum atomic E-state index is 0.623. The van der Waals surface area contributed by atoms with Crippen LogP contribution >= 0.6 is 0 Å². The van der Waals surface area contributed by atoms with Gasteiger partial charge in [0.05, 0.1) is 0 Å². The molecule has 1 heteroatoms. The summed E-state index contributed by atoms with van der Waals surface area (Å²) in [6, 6.07) is 4.63. The Labute approximate surface area is 87.5 Å². The van der Waals surface area contributed by atoms with Gasteiger partial charge < -0.3 is 5.32 Å². The Balaban J connectivity index is 3.10. The lowest BCUT2D eigenvalue weighted by molar-refractivity contribution is 0.802. The Morgan fingerprint density at radius 3 is 2.29 bits per heavy atom. The van der Waals surface area contributed by atoms with Crippen molar-refractivity contribution >= 4 is 0 Å². The van der Waals surface area contributed by atoms with Gasteiger partial charge in [0.1, 0.15) is 0 Å². The SMILES string of the molecule is CNCc1cc(C)c(C(C)C)cc1C. The van der Waals surface area contributed by atoms with Crippen molar-refractivity contribution < 1.29 is 0 Å². The van der Waals surface area contributed by atoms with E-state index in [1.165, 1.54) is 22.3 Å². The summed E-state index contributed by atoms with van der Waals surface area (Å²) in [5, 5.41) is 3.20. The fourth-order valence-electron chi connectivity index (χ4n) is 1.90. The van der Waals surface area contributed by atoms with Crippen LogP contribution in [0.2, 0.25) is 0 Å². The molecule has 0 saturated carbocycles. The van der Waals surface area contributed by atoms with Crippen molar-refractivity contribution in [3.05, 3.63) is 34.4 Å². The van der Waals surface area contributed by atoms with Gasteiger partial charge in [-0.2, -0.15) is 0 Å². The maximum atomic E-state index is 3.20. The van der Waals surface area contributed by atoms with E-state index in [1.54, 1.807) is 0 Å². The first-order valence-corrected chi connectivity index (χ1v) is 5.31. The van der Waals surface area contributed by atoms with Gasteiger partial charge in [0.25, 0.3) is 0 Å². The fourth-order valence-corrected chi connectivity index (χ4v) is 1.90. The molecule has 0 spiro atoms. The number of hydrogen-bond acceptors (Lipinski definition) is 1. The van der Waals surface area contributed by atoms with Crippen LogP contribution in [-0.2, 0) is 6.54 Å². The maximum Gasteiger partial charge on any atom is 0.0205 e. The molecule has 0 heterocycles. The van der Waals surface area contributed by atoms with Gasteiger partial charge in [0, 0.05) is 6.54 Å². The molecule has 78 valence electrons. The minimum Gasteiger partial charge on any atom is -0.316 e. The highest BCUT2D eigenvalue weighted by molar-refractivity contribution is 5.38. The quantitative estimate of drug-likeness (QED) is 0.774. The van der Waals surface area contributed by atoms with Gasteiger partial charge in [0.2, 0.25) is 0 Å². The van der Waals surface area contributed by atoms with Crippen LogP contribution in [0.25, 0.3) is 0 Å². The molecule has 0 unspecified atom stereocenters. The molecule has 0 radical (unpaired) electrons. The molecule has 1 aromatic carbocycles. The second-order valence-electron chi connectivity index (χ2n) is 4.32. The first-order valence-electron chi connectivity index (χ1n) is 5.31. The van der Waals surface area contributed by atoms with Crippen LogP contribution in [0.4, 0.5) is 0 Å². The Morgan fingerprint density at radius 1 is 1.14 bits per heavy atom. The lowest BCUT2D eigenvalue weighted by atomic mass is 9.93. The third-order valence-corrected chi connectivity index (χ3v) is 2.71. The summed E-state index contributed by atoms with van der Waals surface area (Å²) in [5.74, 6) is 0.623. The van der Waals surface area contributed by atoms with Crippen molar-refractivity contribution in [1.29, 1.82) is 0 Å². The van der Waals surface area contributed by atoms with E-state index in [1.807, 2.05) is 7.05 Å². The van der Waals surface area contributed by atoms with E-state index < -0.39 is 0 Å². The normalized spacial score (nSPS) is 11.0. The highest BCUT2D eigenvalue weighted by atomic mass is 14.8. The van der Waals surface area contributed by atoms with E-state index in [-0.39, 0.29) is 0 Å². The fraction of sp³-hybridized carbons (Fsp3) is 0.538. The number of hydrogen-bond donors (Lipinski definition) is 1. The van der Waals surface area contributed by atoms with Crippen LogP contribution in [0, 0.1) is 13.8 Å². The molecule has 0 amide bonds. The van der Waals surface area contributed by atoms with Gasteiger partial charge in [-0.3, -0.25) is 0 Å². The molecule has 0 bridgehead atoms. The van der Waals surface area contributed by atoms with E-state index in [4.69, 9.17) is 0 Å². The predicted octanol–water partition coefficient (Wildman–Crippen LogP) is 3.15. The monoisotopic (exact) mass is 191 g/mol. The van der Waals surface area contributed by atoms with Crippen LogP contribution in [0.5, 0.6) is 0 Å². The third-order valence-electron chi connectivity index (χ3n) is 2.71. The molecular formula is C13H21N. The summed E-state index contributed by atoms with van der Waals surface area (Å²) < 4.78 is 0. The lowest BCUT2D eigenvalue weighted by Gasteiger charge is -2.14. The number of nitrogens with one attached hydrogen (secondary N) is 1. The first kappa shape index (κ1) is 11.3. The standard InChI is InChI=1S/C13H21N/c1-9(2)13-7-10(3)12(8-14-5)6-11(13)4/h6-7,9,14H,8H2,1-5H3. The summed E-state index contributed by atoms with van der Waals surface area (Å²) in [6.07, 6.45) is 0. The van der Waals surface area contributed by atoms with Crippen LogP contribution in [0.1, 0.15) is 42.0 Å². The molecule has 0 aromatic heterocycles. The topological polar surface area (TPSA) is 12.0 Å². The molecule has 0 aliphatic heterocycles. The molecule has 0 atom stereocenters. The summed E-state index contributed by atoms with van der Waals surface area (Å²) in [5.41, 5.74) is 5.70. The molecule has 1 N–H and O–H groups in total. The summed E-state index contributed by atoms with van der Waals surface area (Å²) >= 11 is 0.